The van der Waals surface area contributed by atoms with E-state index in [2.05, 4.69) is 215 Å². The number of hydrogen-bond donors (Lipinski definition) is 0. The number of aromatic nitrogens is 2. The van der Waals surface area contributed by atoms with E-state index in [0.717, 1.165) is 5.69 Å². The lowest BCUT2D eigenvalue weighted by Gasteiger charge is -2.31. The summed E-state index contributed by atoms with van der Waals surface area (Å²) in [6.45, 7) is 0. The van der Waals surface area contributed by atoms with Gasteiger partial charge in [-0.2, -0.15) is 0 Å². The first-order chi connectivity index (χ1) is 28.3. The third kappa shape index (κ3) is 3.89. The average molecular weight is 723 g/mol. The molecular weight excluding hydrogens is 689 g/mol. The molecule has 11 aromatic rings. The van der Waals surface area contributed by atoms with Crippen molar-refractivity contribution in [2.45, 2.75) is 5.41 Å². The fraction of sp³-hybridized carbons (Fsp3) is 0.0182. The van der Waals surface area contributed by atoms with Gasteiger partial charge in [0.1, 0.15) is 0 Å². The molecule has 0 radical (unpaired) electrons. The van der Waals surface area contributed by atoms with E-state index in [1.165, 1.54) is 105 Å². The molecule has 0 N–H and O–H groups in total. The molecule has 2 aromatic heterocycles. The Bertz CT molecular complexity index is 3390. The van der Waals surface area contributed by atoms with Crippen molar-refractivity contribution < 1.29 is 0 Å². The van der Waals surface area contributed by atoms with E-state index in [9.17, 15) is 0 Å². The summed E-state index contributed by atoms with van der Waals surface area (Å²) in [5.74, 6) is 0. The molecule has 0 atom stereocenters. The van der Waals surface area contributed by atoms with Crippen LogP contribution in [0.2, 0.25) is 0 Å². The van der Waals surface area contributed by atoms with Crippen molar-refractivity contribution in [1.29, 1.82) is 0 Å². The van der Waals surface area contributed by atoms with Crippen LogP contribution in [-0.2, 0) is 5.41 Å². The molecule has 0 saturated carbocycles. The largest absolute Gasteiger partial charge is 0.309 e. The molecule has 2 aliphatic rings. The van der Waals surface area contributed by atoms with E-state index in [1.54, 1.807) is 0 Å². The first-order valence-electron chi connectivity index (χ1n) is 19.9. The van der Waals surface area contributed by atoms with Crippen molar-refractivity contribution in [3.63, 3.8) is 0 Å². The summed E-state index contributed by atoms with van der Waals surface area (Å²) >= 11 is 0. The molecule has 2 heteroatoms. The average Bonchev–Trinajstić information content (AvgIpc) is 3.99. The minimum Gasteiger partial charge on any atom is -0.309 e. The van der Waals surface area contributed by atoms with Gasteiger partial charge in [-0.25, -0.2) is 0 Å². The smallest absolute Gasteiger partial charge is 0.0746 e. The van der Waals surface area contributed by atoms with E-state index < -0.39 is 5.41 Å². The van der Waals surface area contributed by atoms with Crippen LogP contribution in [0.4, 0.5) is 0 Å². The van der Waals surface area contributed by atoms with Gasteiger partial charge in [0.05, 0.1) is 27.5 Å². The van der Waals surface area contributed by atoms with Crippen LogP contribution in [0.25, 0.3) is 88.4 Å². The zero-order valence-corrected chi connectivity index (χ0v) is 31.0. The number of para-hydroxylation sites is 3. The molecule has 0 saturated heterocycles. The lowest BCUT2D eigenvalue weighted by molar-refractivity contribution is 0.797. The Hall–Kier alpha value is -7.42. The molecule has 57 heavy (non-hydrogen) atoms. The Morgan fingerprint density at radius 2 is 0.807 bits per heavy atom. The Labute approximate surface area is 330 Å². The molecule has 0 unspecified atom stereocenters. The van der Waals surface area contributed by atoms with Crippen molar-refractivity contribution in [2.75, 3.05) is 0 Å². The molecule has 0 aliphatic heterocycles. The molecule has 1 spiro atoms. The molecular formula is C55H34N2. The van der Waals surface area contributed by atoms with Crippen LogP contribution >= 0.6 is 0 Å². The van der Waals surface area contributed by atoms with Crippen LogP contribution in [0.1, 0.15) is 22.3 Å². The third-order valence-corrected chi connectivity index (χ3v) is 12.9. The summed E-state index contributed by atoms with van der Waals surface area (Å²) in [4.78, 5) is 0. The van der Waals surface area contributed by atoms with Crippen LogP contribution in [0.5, 0.6) is 0 Å². The lowest BCUT2D eigenvalue weighted by atomic mass is 9.70. The van der Waals surface area contributed by atoms with Gasteiger partial charge in [0, 0.05) is 38.5 Å². The normalized spacial score (nSPS) is 13.4. The highest BCUT2D eigenvalue weighted by Crippen LogP contribution is 2.64. The maximum atomic E-state index is 2.55. The van der Waals surface area contributed by atoms with Gasteiger partial charge in [0.2, 0.25) is 0 Å². The maximum Gasteiger partial charge on any atom is 0.0746 e. The molecule has 264 valence electrons. The van der Waals surface area contributed by atoms with Crippen LogP contribution < -0.4 is 0 Å². The van der Waals surface area contributed by atoms with Gasteiger partial charge >= 0.3 is 0 Å². The van der Waals surface area contributed by atoms with E-state index >= 15 is 0 Å². The summed E-state index contributed by atoms with van der Waals surface area (Å²) in [5, 5.41) is 5.08. The van der Waals surface area contributed by atoms with Crippen LogP contribution in [0, 0.1) is 0 Å². The highest BCUT2D eigenvalue weighted by atomic mass is 15.0. The van der Waals surface area contributed by atoms with E-state index in [4.69, 9.17) is 0 Å². The minimum absolute atomic E-state index is 0.451. The first kappa shape index (κ1) is 30.9. The Morgan fingerprint density at radius 3 is 1.49 bits per heavy atom. The first-order valence-corrected chi connectivity index (χ1v) is 19.9. The topological polar surface area (TPSA) is 9.86 Å². The molecule has 13 rings (SSSR count). The summed E-state index contributed by atoms with van der Waals surface area (Å²) in [6, 6.07) is 76.6. The third-order valence-electron chi connectivity index (χ3n) is 12.9. The summed E-state index contributed by atoms with van der Waals surface area (Å²) in [5.41, 5.74) is 20.0. The van der Waals surface area contributed by atoms with Crippen LogP contribution in [0.3, 0.4) is 0 Å². The van der Waals surface area contributed by atoms with E-state index in [0.29, 0.717) is 0 Å². The highest BCUT2D eigenvalue weighted by molar-refractivity contribution is 6.17. The molecule has 0 fully saturated rings. The molecule has 0 bridgehead atoms. The van der Waals surface area contributed by atoms with Gasteiger partial charge < -0.3 is 9.13 Å². The zero-order valence-electron chi connectivity index (χ0n) is 31.0. The van der Waals surface area contributed by atoms with Crippen molar-refractivity contribution in [1.82, 2.24) is 9.13 Å². The van der Waals surface area contributed by atoms with Crippen LogP contribution in [-0.4, -0.2) is 9.13 Å². The number of nitrogens with zero attached hydrogens (tertiary/aromatic N) is 2. The molecule has 2 heterocycles. The molecule has 0 amide bonds. The monoisotopic (exact) mass is 722 g/mol. The van der Waals surface area contributed by atoms with Gasteiger partial charge in [-0.15, -0.1) is 0 Å². The van der Waals surface area contributed by atoms with Crippen molar-refractivity contribution in [3.05, 3.63) is 229 Å². The van der Waals surface area contributed by atoms with E-state index in [-0.39, 0.29) is 0 Å². The number of fused-ring (bicyclic) bond motifs is 17. The molecule has 9 aromatic carbocycles. The van der Waals surface area contributed by atoms with Gasteiger partial charge in [-0.3, -0.25) is 0 Å². The van der Waals surface area contributed by atoms with Crippen molar-refractivity contribution >= 4 is 43.6 Å². The predicted octanol–water partition coefficient (Wildman–Crippen LogP) is 13.9. The van der Waals surface area contributed by atoms with Gasteiger partial charge in [0.25, 0.3) is 0 Å². The van der Waals surface area contributed by atoms with Gasteiger partial charge in [0.15, 0.2) is 0 Å². The van der Waals surface area contributed by atoms with Crippen LogP contribution in [0.15, 0.2) is 206 Å². The molecule has 2 aliphatic carbocycles. The van der Waals surface area contributed by atoms with Gasteiger partial charge in [-0.05, 0) is 92.5 Å². The predicted molar refractivity (Wildman–Crippen MR) is 237 cm³/mol. The number of hydrogen-bond acceptors (Lipinski definition) is 0. The van der Waals surface area contributed by atoms with Gasteiger partial charge in [-0.1, -0.05) is 164 Å². The van der Waals surface area contributed by atoms with E-state index in [1.807, 2.05) is 0 Å². The quantitative estimate of drug-likeness (QED) is 0.172. The summed E-state index contributed by atoms with van der Waals surface area (Å²) in [6.07, 6.45) is 0. The minimum atomic E-state index is -0.451. The maximum absolute atomic E-state index is 2.55. The Balaban J connectivity index is 1.09. The fourth-order valence-corrected chi connectivity index (χ4v) is 10.8. The SMILES string of the molecule is c1ccc(-n2c3ccccc3c3c(-c4ccc(-n5c6ccccc6c6ccc7c(c65)C5(c6ccccc6-c6ccccc65)c5ccccc5-7)cc4)cccc32)cc1. The standard InChI is InChI=1S/C55H34N2/c1-2-15-36(16-3-1)56-50-27-13-8-21-45(50)52-38(22-14-28-51(52)56)35-29-31-37(32-30-35)57-49-26-12-7-20-42(49)44-34-33-43-41-19-6-11-25-48(41)55(53(43)54(44)57)46-23-9-4-17-39(46)40-18-5-10-24-47(40)55/h1-34H. The van der Waals surface area contributed by atoms with Crippen molar-refractivity contribution in [3.8, 4) is 44.8 Å². The lowest BCUT2D eigenvalue weighted by Crippen LogP contribution is -2.26. The summed E-state index contributed by atoms with van der Waals surface area (Å²) in [7, 11) is 0. The van der Waals surface area contributed by atoms with Crippen molar-refractivity contribution in [2.24, 2.45) is 0 Å². The number of benzene rings is 9. The summed E-state index contributed by atoms with van der Waals surface area (Å²) < 4.78 is 4.95. The zero-order chi connectivity index (χ0) is 37.2. The highest BCUT2D eigenvalue weighted by Gasteiger charge is 2.53. The molecule has 2 nitrogen and oxygen atoms in total. The Morgan fingerprint density at radius 1 is 0.298 bits per heavy atom. The number of rotatable bonds is 3. The Kier molecular flexibility index (Phi) is 6.13. The fourth-order valence-electron chi connectivity index (χ4n) is 10.8. The second-order valence-corrected chi connectivity index (χ2v) is 15.6. The second kappa shape index (κ2) is 11.3. The second-order valence-electron chi connectivity index (χ2n) is 15.6.